The second-order valence-corrected chi connectivity index (χ2v) is 4.13. The van der Waals surface area contributed by atoms with Crippen LogP contribution in [0.15, 0.2) is 12.1 Å². The van der Waals surface area contributed by atoms with Gasteiger partial charge >= 0.3 is 0 Å². The molecule has 2 aromatic heterocycles. The molecule has 0 bridgehead atoms. The third kappa shape index (κ3) is 2.82. The normalized spacial score (nSPS) is 10.9. The van der Waals surface area contributed by atoms with Crippen LogP contribution in [0.5, 0.6) is 0 Å². The first-order valence-corrected chi connectivity index (χ1v) is 6.25. The quantitative estimate of drug-likeness (QED) is 0.729. The molecule has 0 aliphatic carbocycles. The SMILES string of the molecule is CCCCN(CCCl)c1ccc2nnnn2n1. The van der Waals surface area contributed by atoms with E-state index in [9.17, 15) is 0 Å². The van der Waals surface area contributed by atoms with Crippen molar-refractivity contribution in [3.63, 3.8) is 0 Å². The molecule has 0 amide bonds. The van der Waals surface area contributed by atoms with Gasteiger partial charge in [0.05, 0.1) is 0 Å². The summed E-state index contributed by atoms with van der Waals surface area (Å²) in [7, 11) is 0. The molecule has 0 atom stereocenters. The van der Waals surface area contributed by atoms with Gasteiger partial charge in [0.15, 0.2) is 11.5 Å². The average Bonchev–Trinajstić information content (AvgIpc) is 2.81. The van der Waals surface area contributed by atoms with Crippen LogP contribution in [0.4, 0.5) is 5.82 Å². The van der Waals surface area contributed by atoms with E-state index in [0.29, 0.717) is 11.5 Å². The van der Waals surface area contributed by atoms with Gasteiger partial charge in [-0.2, -0.15) is 0 Å². The van der Waals surface area contributed by atoms with E-state index in [1.807, 2.05) is 12.1 Å². The Morgan fingerprint density at radius 2 is 2.24 bits per heavy atom. The van der Waals surface area contributed by atoms with Crippen LogP contribution in [0.3, 0.4) is 0 Å². The van der Waals surface area contributed by atoms with Gasteiger partial charge in [0, 0.05) is 19.0 Å². The lowest BCUT2D eigenvalue weighted by Gasteiger charge is -2.21. The number of halogens is 1. The summed E-state index contributed by atoms with van der Waals surface area (Å²) >= 11 is 5.81. The van der Waals surface area contributed by atoms with Gasteiger partial charge in [0.1, 0.15) is 0 Å². The highest BCUT2D eigenvalue weighted by atomic mass is 35.5. The molecule has 0 aliphatic heterocycles. The summed E-state index contributed by atoms with van der Waals surface area (Å²) in [6.07, 6.45) is 2.26. The van der Waals surface area contributed by atoms with Crippen LogP contribution in [-0.2, 0) is 0 Å². The topological polar surface area (TPSA) is 59.2 Å². The van der Waals surface area contributed by atoms with Crippen molar-refractivity contribution in [3.05, 3.63) is 12.1 Å². The van der Waals surface area contributed by atoms with Crippen molar-refractivity contribution in [2.24, 2.45) is 0 Å². The minimum atomic E-state index is 0.582. The maximum absolute atomic E-state index is 5.81. The van der Waals surface area contributed by atoms with E-state index in [0.717, 1.165) is 31.7 Å². The molecule has 17 heavy (non-hydrogen) atoms. The molecule has 0 radical (unpaired) electrons. The van der Waals surface area contributed by atoms with E-state index in [4.69, 9.17) is 11.6 Å². The fourth-order valence-electron chi connectivity index (χ4n) is 1.60. The predicted molar refractivity (Wildman–Crippen MR) is 66.4 cm³/mol. The minimum absolute atomic E-state index is 0.582. The number of hydrogen-bond donors (Lipinski definition) is 0. The van der Waals surface area contributed by atoms with E-state index in [1.165, 1.54) is 4.63 Å². The van der Waals surface area contributed by atoms with Crippen molar-refractivity contribution in [2.45, 2.75) is 19.8 Å². The van der Waals surface area contributed by atoms with E-state index >= 15 is 0 Å². The molecule has 0 saturated carbocycles. The lowest BCUT2D eigenvalue weighted by molar-refractivity contribution is 0.687. The van der Waals surface area contributed by atoms with Crippen molar-refractivity contribution in [2.75, 3.05) is 23.9 Å². The van der Waals surface area contributed by atoms with Gasteiger partial charge in [-0.3, -0.25) is 0 Å². The highest BCUT2D eigenvalue weighted by Crippen LogP contribution is 2.11. The van der Waals surface area contributed by atoms with E-state index in [-0.39, 0.29) is 0 Å². The monoisotopic (exact) mass is 254 g/mol. The number of anilines is 1. The summed E-state index contributed by atoms with van der Waals surface area (Å²) in [5, 5.41) is 15.5. The van der Waals surface area contributed by atoms with Crippen LogP contribution in [0.25, 0.3) is 5.65 Å². The van der Waals surface area contributed by atoms with Crippen LogP contribution < -0.4 is 4.90 Å². The zero-order valence-electron chi connectivity index (χ0n) is 9.75. The third-order valence-electron chi connectivity index (χ3n) is 2.52. The molecule has 7 heteroatoms. The molecule has 0 unspecified atom stereocenters. The standard InChI is InChI=1S/C10H15ClN6/c1-2-3-7-16(8-6-11)10-5-4-9-12-14-15-17(9)13-10/h4-5H,2-3,6-8H2,1H3. The third-order valence-corrected chi connectivity index (χ3v) is 2.68. The minimum Gasteiger partial charge on any atom is -0.354 e. The Bertz CT molecular complexity index is 471. The molecule has 2 aromatic rings. The largest absolute Gasteiger partial charge is 0.354 e. The highest BCUT2D eigenvalue weighted by molar-refractivity contribution is 6.18. The first-order chi connectivity index (χ1) is 8.35. The van der Waals surface area contributed by atoms with E-state index < -0.39 is 0 Å². The van der Waals surface area contributed by atoms with Crippen molar-refractivity contribution in [1.29, 1.82) is 0 Å². The Morgan fingerprint density at radius 3 is 3.00 bits per heavy atom. The number of unbranched alkanes of at least 4 members (excludes halogenated alkanes) is 1. The van der Waals surface area contributed by atoms with E-state index in [2.05, 4.69) is 32.4 Å². The Balaban J connectivity index is 2.20. The molecule has 92 valence electrons. The second-order valence-electron chi connectivity index (χ2n) is 3.75. The zero-order valence-corrected chi connectivity index (χ0v) is 10.5. The number of tetrazole rings is 1. The van der Waals surface area contributed by atoms with Gasteiger partial charge < -0.3 is 4.90 Å². The van der Waals surface area contributed by atoms with Crippen LogP contribution in [0.1, 0.15) is 19.8 Å². The fourth-order valence-corrected chi connectivity index (χ4v) is 1.80. The van der Waals surface area contributed by atoms with Crippen LogP contribution in [0.2, 0.25) is 0 Å². The Hall–Kier alpha value is -1.43. The van der Waals surface area contributed by atoms with Crippen molar-refractivity contribution in [1.82, 2.24) is 25.3 Å². The van der Waals surface area contributed by atoms with Gasteiger partial charge in [-0.25, -0.2) is 0 Å². The maximum atomic E-state index is 5.81. The lowest BCUT2D eigenvalue weighted by atomic mass is 10.3. The van der Waals surface area contributed by atoms with Crippen LogP contribution in [-0.4, -0.2) is 44.2 Å². The number of alkyl halides is 1. The number of aromatic nitrogens is 5. The molecular weight excluding hydrogens is 240 g/mol. The van der Waals surface area contributed by atoms with Gasteiger partial charge in [-0.1, -0.05) is 13.3 Å². The molecule has 0 saturated heterocycles. The van der Waals surface area contributed by atoms with Crippen LogP contribution in [0, 0.1) is 0 Å². The summed E-state index contributed by atoms with van der Waals surface area (Å²) in [5.41, 5.74) is 0.648. The molecule has 2 heterocycles. The lowest BCUT2D eigenvalue weighted by Crippen LogP contribution is -2.28. The Kier molecular flexibility index (Phi) is 4.08. The van der Waals surface area contributed by atoms with Gasteiger partial charge in [0.25, 0.3) is 0 Å². The van der Waals surface area contributed by atoms with Crippen LogP contribution >= 0.6 is 11.6 Å². The molecule has 0 aliphatic rings. The molecule has 0 fully saturated rings. The second kappa shape index (κ2) is 5.77. The summed E-state index contributed by atoms with van der Waals surface area (Å²) < 4.78 is 1.43. The van der Waals surface area contributed by atoms with Gasteiger partial charge in [0.2, 0.25) is 0 Å². The predicted octanol–water partition coefficient (Wildman–Crippen LogP) is 1.36. The van der Waals surface area contributed by atoms with Gasteiger partial charge in [-0.05, 0) is 29.0 Å². The van der Waals surface area contributed by atoms with Gasteiger partial charge in [-0.15, -0.1) is 26.4 Å². The summed E-state index contributed by atoms with van der Waals surface area (Å²) in [5.74, 6) is 1.44. The number of fused-ring (bicyclic) bond motifs is 1. The molecule has 2 rings (SSSR count). The number of nitrogens with zero attached hydrogens (tertiary/aromatic N) is 6. The first kappa shape index (κ1) is 12.0. The molecule has 6 nitrogen and oxygen atoms in total. The Labute approximate surface area is 105 Å². The highest BCUT2D eigenvalue weighted by Gasteiger charge is 2.08. The van der Waals surface area contributed by atoms with Crippen molar-refractivity contribution >= 4 is 23.1 Å². The molecule has 0 aromatic carbocycles. The Morgan fingerprint density at radius 1 is 1.35 bits per heavy atom. The summed E-state index contributed by atoms with van der Waals surface area (Å²) in [6.45, 7) is 3.89. The van der Waals surface area contributed by atoms with E-state index in [1.54, 1.807) is 0 Å². The number of rotatable bonds is 6. The maximum Gasteiger partial charge on any atom is 0.200 e. The average molecular weight is 255 g/mol. The zero-order chi connectivity index (χ0) is 12.1. The molecule has 0 N–H and O–H groups in total. The smallest absolute Gasteiger partial charge is 0.200 e. The van der Waals surface area contributed by atoms with Crippen molar-refractivity contribution < 1.29 is 0 Å². The molecule has 0 spiro atoms. The fraction of sp³-hybridized carbons (Fsp3) is 0.600. The van der Waals surface area contributed by atoms with Crippen molar-refractivity contribution in [3.8, 4) is 0 Å². The molecular formula is C10H15ClN6. The summed E-state index contributed by atoms with van der Waals surface area (Å²) in [6, 6.07) is 3.78. The summed E-state index contributed by atoms with van der Waals surface area (Å²) in [4.78, 5) is 2.15. The number of hydrogen-bond acceptors (Lipinski definition) is 5. The first-order valence-electron chi connectivity index (χ1n) is 5.71.